The predicted octanol–water partition coefficient (Wildman–Crippen LogP) is 1.19. The van der Waals surface area contributed by atoms with E-state index in [-0.39, 0.29) is 5.69 Å². The van der Waals surface area contributed by atoms with Crippen molar-refractivity contribution in [3.63, 3.8) is 0 Å². The summed E-state index contributed by atoms with van der Waals surface area (Å²) in [5.74, 6) is -1.53. The Kier molecular flexibility index (Phi) is 5.71. The van der Waals surface area contributed by atoms with Crippen LogP contribution in [0.5, 0.6) is 0 Å². The summed E-state index contributed by atoms with van der Waals surface area (Å²) in [6, 6.07) is 5.08. The molecule has 0 saturated heterocycles. The first kappa shape index (κ1) is 19.1. The Hall–Kier alpha value is -3.23. The second-order valence-electron chi connectivity index (χ2n) is 5.83. The van der Waals surface area contributed by atoms with E-state index in [1.165, 1.54) is 18.8 Å². The number of imide groups is 1. The third kappa shape index (κ3) is 4.24. The highest BCUT2D eigenvalue weighted by Crippen LogP contribution is 2.16. The predicted molar refractivity (Wildman–Crippen MR) is 93.0 cm³/mol. The van der Waals surface area contributed by atoms with Crippen molar-refractivity contribution in [3.8, 4) is 5.69 Å². The van der Waals surface area contributed by atoms with Crippen molar-refractivity contribution in [3.05, 3.63) is 40.7 Å². The number of hydrogen-bond acceptors (Lipinski definition) is 6. The normalized spacial score (nSPS) is 11.6. The molecule has 0 aliphatic carbocycles. The van der Waals surface area contributed by atoms with Crippen LogP contribution in [0.15, 0.2) is 18.2 Å². The van der Waals surface area contributed by atoms with Crippen LogP contribution >= 0.6 is 0 Å². The standard InChI is InChI=1S/C17H21N5O4/c1-9-6-7-13(10(2)8-9)22-20-11(3)14(21-22)16(24)26-12(4)15(23)19-17(25)18-5/h6-8,12H,1-5H3,(H2,18,19,23,25)/t12-/m0/s1. The number of nitrogens with one attached hydrogen (secondary N) is 2. The van der Waals surface area contributed by atoms with Gasteiger partial charge in [0.15, 0.2) is 11.8 Å². The highest BCUT2D eigenvalue weighted by Gasteiger charge is 2.24. The van der Waals surface area contributed by atoms with Gasteiger partial charge in [0.2, 0.25) is 0 Å². The fraction of sp³-hybridized carbons (Fsp3) is 0.353. The molecule has 3 amide bonds. The second-order valence-corrected chi connectivity index (χ2v) is 5.83. The van der Waals surface area contributed by atoms with Gasteiger partial charge in [-0.05, 0) is 39.3 Å². The first-order valence-corrected chi connectivity index (χ1v) is 7.98. The van der Waals surface area contributed by atoms with Crippen molar-refractivity contribution < 1.29 is 19.1 Å². The molecule has 1 aromatic heterocycles. The first-order chi connectivity index (χ1) is 12.2. The third-order valence-electron chi connectivity index (χ3n) is 3.66. The number of amides is 3. The number of rotatable bonds is 4. The summed E-state index contributed by atoms with van der Waals surface area (Å²) in [6.45, 7) is 6.88. The highest BCUT2D eigenvalue weighted by molar-refractivity contribution is 5.98. The number of esters is 1. The van der Waals surface area contributed by atoms with E-state index in [9.17, 15) is 14.4 Å². The van der Waals surface area contributed by atoms with Crippen LogP contribution in [-0.2, 0) is 9.53 Å². The molecule has 9 nitrogen and oxygen atoms in total. The molecule has 1 aromatic carbocycles. The minimum Gasteiger partial charge on any atom is -0.448 e. The van der Waals surface area contributed by atoms with Gasteiger partial charge in [-0.25, -0.2) is 9.59 Å². The van der Waals surface area contributed by atoms with E-state index in [2.05, 4.69) is 15.5 Å². The zero-order valence-corrected chi connectivity index (χ0v) is 15.3. The minimum absolute atomic E-state index is 0.00423. The van der Waals surface area contributed by atoms with Gasteiger partial charge in [-0.3, -0.25) is 10.1 Å². The van der Waals surface area contributed by atoms with E-state index in [0.717, 1.165) is 16.8 Å². The molecule has 26 heavy (non-hydrogen) atoms. The Morgan fingerprint density at radius 2 is 1.85 bits per heavy atom. The minimum atomic E-state index is -1.16. The van der Waals surface area contributed by atoms with Gasteiger partial charge in [-0.2, -0.15) is 9.90 Å². The maximum absolute atomic E-state index is 12.3. The topological polar surface area (TPSA) is 115 Å². The molecule has 0 spiro atoms. The summed E-state index contributed by atoms with van der Waals surface area (Å²) in [5, 5.41) is 12.7. The molecule has 0 aliphatic rings. The average Bonchev–Trinajstić information content (AvgIpc) is 2.96. The zero-order valence-electron chi connectivity index (χ0n) is 15.3. The molecule has 0 unspecified atom stereocenters. The lowest BCUT2D eigenvalue weighted by Crippen LogP contribution is -2.43. The van der Waals surface area contributed by atoms with E-state index in [4.69, 9.17) is 4.74 Å². The van der Waals surface area contributed by atoms with Gasteiger partial charge in [0.05, 0.1) is 11.4 Å². The van der Waals surface area contributed by atoms with E-state index >= 15 is 0 Å². The van der Waals surface area contributed by atoms with Crippen LogP contribution in [0, 0.1) is 20.8 Å². The van der Waals surface area contributed by atoms with Crippen LogP contribution < -0.4 is 10.6 Å². The number of aryl methyl sites for hydroxylation is 3. The van der Waals surface area contributed by atoms with Crippen LogP contribution in [0.25, 0.3) is 5.69 Å². The van der Waals surface area contributed by atoms with Gasteiger partial charge in [-0.15, -0.1) is 5.10 Å². The number of carbonyl (C=O) groups is 3. The maximum atomic E-state index is 12.3. The van der Waals surface area contributed by atoms with Gasteiger partial charge in [0.1, 0.15) is 0 Å². The Bertz CT molecular complexity index is 859. The van der Waals surface area contributed by atoms with Gasteiger partial charge in [0, 0.05) is 7.05 Å². The lowest BCUT2D eigenvalue weighted by atomic mass is 10.1. The van der Waals surface area contributed by atoms with Crippen LogP contribution in [0.4, 0.5) is 4.79 Å². The fourth-order valence-electron chi connectivity index (χ4n) is 2.25. The molecule has 1 heterocycles. The molecular formula is C17H21N5O4. The maximum Gasteiger partial charge on any atom is 0.361 e. The second kappa shape index (κ2) is 7.77. The van der Waals surface area contributed by atoms with Gasteiger partial charge < -0.3 is 10.1 Å². The van der Waals surface area contributed by atoms with Crippen molar-refractivity contribution in [2.45, 2.75) is 33.8 Å². The van der Waals surface area contributed by atoms with Crippen molar-refractivity contribution >= 4 is 17.9 Å². The van der Waals surface area contributed by atoms with Gasteiger partial charge in [0.25, 0.3) is 5.91 Å². The molecular weight excluding hydrogens is 338 g/mol. The molecule has 138 valence electrons. The van der Waals surface area contributed by atoms with Crippen LogP contribution in [-0.4, -0.2) is 46.1 Å². The Morgan fingerprint density at radius 3 is 2.46 bits per heavy atom. The van der Waals surface area contributed by atoms with Crippen molar-refractivity contribution in [1.29, 1.82) is 0 Å². The lowest BCUT2D eigenvalue weighted by molar-refractivity contribution is -0.127. The molecule has 1 atom stereocenters. The molecule has 0 fully saturated rings. The van der Waals surface area contributed by atoms with Crippen molar-refractivity contribution in [2.75, 3.05) is 7.05 Å². The zero-order chi connectivity index (χ0) is 19.4. The fourth-order valence-corrected chi connectivity index (χ4v) is 2.25. The molecule has 0 saturated carbocycles. The molecule has 2 rings (SSSR count). The number of nitrogens with zero attached hydrogens (tertiary/aromatic N) is 3. The Balaban J connectivity index is 2.16. The summed E-state index contributed by atoms with van der Waals surface area (Å²) >= 11 is 0. The first-order valence-electron chi connectivity index (χ1n) is 7.98. The van der Waals surface area contributed by atoms with Crippen LogP contribution in [0.2, 0.25) is 0 Å². The number of urea groups is 1. The SMILES string of the molecule is CNC(=O)NC(=O)[C@H](C)OC(=O)c1nn(-c2ccc(C)cc2C)nc1C. The molecule has 9 heteroatoms. The molecule has 0 aliphatic heterocycles. The number of ether oxygens (including phenoxy) is 1. The third-order valence-corrected chi connectivity index (χ3v) is 3.66. The van der Waals surface area contributed by atoms with Crippen molar-refractivity contribution in [1.82, 2.24) is 25.6 Å². The number of aromatic nitrogens is 3. The summed E-state index contributed by atoms with van der Waals surface area (Å²) in [4.78, 5) is 36.6. The molecule has 0 bridgehead atoms. The quantitative estimate of drug-likeness (QED) is 0.793. The Morgan fingerprint density at radius 1 is 1.15 bits per heavy atom. The monoisotopic (exact) mass is 359 g/mol. The van der Waals surface area contributed by atoms with Crippen LogP contribution in [0.3, 0.4) is 0 Å². The van der Waals surface area contributed by atoms with Gasteiger partial charge in [-0.1, -0.05) is 17.7 Å². The van der Waals surface area contributed by atoms with E-state index in [1.807, 2.05) is 37.4 Å². The average molecular weight is 359 g/mol. The molecule has 2 aromatic rings. The number of hydrogen-bond donors (Lipinski definition) is 2. The summed E-state index contributed by atoms with van der Waals surface area (Å²) < 4.78 is 5.08. The highest BCUT2D eigenvalue weighted by atomic mass is 16.5. The van der Waals surface area contributed by atoms with Gasteiger partial charge >= 0.3 is 12.0 Å². The number of carbonyl (C=O) groups excluding carboxylic acids is 3. The summed E-state index contributed by atoms with van der Waals surface area (Å²) in [5.41, 5.74) is 3.17. The van der Waals surface area contributed by atoms with E-state index < -0.39 is 24.0 Å². The smallest absolute Gasteiger partial charge is 0.361 e. The van der Waals surface area contributed by atoms with Crippen LogP contribution in [0.1, 0.15) is 34.2 Å². The summed E-state index contributed by atoms with van der Waals surface area (Å²) in [6.07, 6.45) is -1.16. The van der Waals surface area contributed by atoms with E-state index in [1.54, 1.807) is 6.92 Å². The number of benzene rings is 1. The van der Waals surface area contributed by atoms with E-state index in [0.29, 0.717) is 5.69 Å². The molecule has 0 radical (unpaired) electrons. The van der Waals surface area contributed by atoms with Crippen molar-refractivity contribution in [2.24, 2.45) is 0 Å². The Labute approximate surface area is 150 Å². The summed E-state index contributed by atoms with van der Waals surface area (Å²) in [7, 11) is 1.37. The lowest BCUT2D eigenvalue weighted by Gasteiger charge is -2.11. The largest absolute Gasteiger partial charge is 0.448 e. The molecule has 2 N–H and O–H groups in total.